The van der Waals surface area contributed by atoms with Gasteiger partial charge in [-0.25, -0.2) is 0 Å². The Morgan fingerprint density at radius 2 is 1.92 bits per heavy atom. The summed E-state index contributed by atoms with van der Waals surface area (Å²) in [5.41, 5.74) is 2.87. The molecule has 25 heavy (non-hydrogen) atoms. The molecule has 0 saturated heterocycles. The Hall–Kier alpha value is -2.88. The van der Waals surface area contributed by atoms with E-state index in [0.29, 0.717) is 11.7 Å². The molecule has 1 N–H and O–H groups in total. The molecular weight excluding hydrogens is 312 g/mol. The third kappa shape index (κ3) is 4.15. The van der Waals surface area contributed by atoms with E-state index in [1.54, 1.807) is 6.20 Å². The first-order chi connectivity index (χ1) is 12.2. The quantitative estimate of drug-likeness (QED) is 0.707. The topological polar surface area (TPSA) is 51.2 Å². The zero-order valence-corrected chi connectivity index (χ0v) is 14.5. The number of carbonyl (C=O) groups is 1. The second-order valence-electron chi connectivity index (χ2n) is 6.09. The highest BCUT2D eigenvalue weighted by molar-refractivity contribution is 6.01. The van der Waals surface area contributed by atoms with E-state index >= 15 is 0 Å². The van der Waals surface area contributed by atoms with Crippen molar-refractivity contribution in [3.63, 3.8) is 0 Å². The van der Waals surface area contributed by atoms with Crippen molar-refractivity contribution in [3.8, 4) is 5.75 Å². The minimum absolute atomic E-state index is 0.0284. The molecule has 0 bridgehead atoms. The van der Waals surface area contributed by atoms with Gasteiger partial charge in [0.25, 0.3) is 5.91 Å². The van der Waals surface area contributed by atoms with E-state index in [-0.39, 0.29) is 12.5 Å². The summed E-state index contributed by atoms with van der Waals surface area (Å²) in [6.07, 6.45) is 2.84. The minimum atomic E-state index is -0.192. The van der Waals surface area contributed by atoms with Gasteiger partial charge < -0.3 is 10.1 Å². The number of carbonyl (C=O) groups excluding carboxylic acids is 1. The Balaban J connectivity index is 1.61. The van der Waals surface area contributed by atoms with Gasteiger partial charge in [0.2, 0.25) is 0 Å². The van der Waals surface area contributed by atoms with Gasteiger partial charge in [-0.15, -0.1) is 0 Å². The second-order valence-corrected chi connectivity index (χ2v) is 6.09. The Morgan fingerprint density at radius 3 is 2.68 bits per heavy atom. The predicted octanol–water partition coefficient (Wildman–Crippen LogP) is 4.77. The van der Waals surface area contributed by atoms with Crippen molar-refractivity contribution in [2.24, 2.45) is 0 Å². The number of pyridine rings is 1. The number of aromatic nitrogens is 1. The van der Waals surface area contributed by atoms with E-state index in [0.717, 1.165) is 23.0 Å². The molecule has 3 rings (SSSR count). The fourth-order valence-corrected chi connectivity index (χ4v) is 2.68. The summed E-state index contributed by atoms with van der Waals surface area (Å²) in [4.78, 5) is 16.5. The molecule has 1 atom stereocenters. The molecule has 1 heterocycles. The lowest BCUT2D eigenvalue weighted by molar-refractivity contribution is -0.118. The average Bonchev–Trinajstić information content (AvgIpc) is 2.66. The van der Waals surface area contributed by atoms with Gasteiger partial charge >= 0.3 is 0 Å². The molecule has 3 aromatic rings. The molecule has 0 fully saturated rings. The fraction of sp³-hybridized carbons (Fsp3) is 0.238. The zero-order chi connectivity index (χ0) is 17.6. The van der Waals surface area contributed by atoms with E-state index in [9.17, 15) is 4.79 Å². The van der Waals surface area contributed by atoms with Gasteiger partial charge in [0.1, 0.15) is 5.75 Å². The normalized spacial score (nSPS) is 11.9. The van der Waals surface area contributed by atoms with Crippen molar-refractivity contribution in [1.29, 1.82) is 0 Å². The van der Waals surface area contributed by atoms with Crippen molar-refractivity contribution in [1.82, 2.24) is 4.98 Å². The smallest absolute Gasteiger partial charge is 0.262 e. The van der Waals surface area contributed by atoms with E-state index in [4.69, 9.17) is 4.74 Å². The van der Waals surface area contributed by atoms with Crippen LogP contribution in [0.5, 0.6) is 5.75 Å². The maximum atomic E-state index is 12.2. The number of rotatable bonds is 6. The number of amides is 1. The van der Waals surface area contributed by atoms with E-state index in [1.807, 2.05) is 42.5 Å². The van der Waals surface area contributed by atoms with Crippen LogP contribution in [0.25, 0.3) is 10.9 Å². The van der Waals surface area contributed by atoms with Crippen LogP contribution in [0.1, 0.15) is 31.7 Å². The highest BCUT2D eigenvalue weighted by Crippen LogP contribution is 2.22. The third-order valence-corrected chi connectivity index (χ3v) is 4.35. The molecule has 0 aliphatic heterocycles. The van der Waals surface area contributed by atoms with Gasteiger partial charge in [-0.1, -0.05) is 32.0 Å². The summed E-state index contributed by atoms with van der Waals surface area (Å²) in [5, 5.41) is 3.80. The van der Waals surface area contributed by atoms with Crippen LogP contribution < -0.4 is 10.1 Å². The summed E-state index contributed by atoms with van der Waals surface area (Å²) < 4.78 is 5.59. The van der Waals surface area contributed by atoms with E-state index in [2.05, 4.69) is 36.3 Å². The lowest BCUT2D eigenvalue weighted by Gasteiger charge is -2.11. The second kappa shape index (κ2) is 7.79. The Kier molecular flexibility index (Phi) is 5.29. The number of benzene rings is 2. The van der Waals surface area contributed by atoms with Crippen LogP contribution in [0.15, 0.2) is 60.8 Å². The maximum absolute atomic E-state index is 12.2. The minimum Gasteiger partial charge on any atom is -0.484 e. The molecule has 1 aromatic heterocycles. The summed E-state index contributed by atoms with van der Waals surface area (Å²) in [6.45, 7) is 4.34. The SMILES string of the molecule is CCC(C)c1ccc(OCC(=O)Nc2cccc3ncccc23)cc1. The first-order valence-corrected chi connectivity index (χ1v) is 8.53. The number of anilines is 1. The molecule has 4 heteroatoms. The van der Waals surface area contributed by atoms with Crippen LogP contribution in [0.3, 0.4) is 0 Å². The average molecular weight is 334 g/mol. The van der Waals surface area contributed by atoms with Crippen LogP contribution in [-0.2, 0) is 4.79 Å². The number of nitrogens with zero attached hydrogens (tertiary/aromatic N) is 1. The standard InChI is InChI=1S/C21H22N2O2/c1-3-15(2)16-9-11-17(12-10-16)25-14-21(24)23-20-8-4-7-19-18(20)6-5-13-22-19/h4-13,15H,3,14H2,1-2H3,(H,23,24). The first kappa shape index (κ1) is 17.0. The van der Waals surface area contributed by atoms with E-state index < -0.39 is 0 Å². The van der Waals surface area contributed by atoms with Crippen molar-refractivity contribution < 1.29 is 9.53 Å². The highest BCUT2D eigenvalue weighted by atomic mass is 16.5. The van der Waals surface area contributed by atoms with Gasteiger partial charge in [0, 0.05) is 11.6 Å². The summed E-state index contributed by atoms with van der Waals surface area (Å²) >= 11 is 0. The van der Waals surface area contributed by atoms with Crippen molar-refractivity contribution >= 4 is 22.5 Å². The van der Waals surface area contributed by atoms with Crippen LogP contribution in [0.4, 0.5) is 5.69 Å². The largest absolute Gasteiger partial charge is 0.484 e. The molecule has 0 spiro atoms. The predicted molar refractivity (Wildman–Crippen MR) is 101 cm³/mol. The molecule has 1 unspecified atom stereocenters. The fourth-order valence-electron chi connectivity index (χ4n) is 2.68. The molecule has 128 valence electrons. The summed E-state index contributed by atoms with van der Waals surface area (Å²) in [5.74, 6) is 1.03. The third-order valence-electron chi connectivity index (χ3n) is 4.35. The number of nitrogens with one attached hydrogen (secondary N) is 1. The monoisotopic (exact) mass is 334 g/mol. The lowest BCUT2D eigenvalue weighted by Crippen LogP contribution is -2.20. The van der Waals surface area contributed by atoms with Crippen molar-refractivity contribution in [3.05, 3.63) is 66.4 Å². The van der Waals surface area contributed by atoms with Crippen LogP contribution in [0, 0.1) is 0 Å². The Morgan fingerprint density at radius 1 is 1.12 bits per heavy atom. The van der Waals surface area contributed by atoms with Crippen LogP contribution in [-0.4, -0.2) is 17.5 Å². The van der Waals surface area contributed by atoms with Crippen molar-refractivity contribution in [2.75, 3.05) is 11.9 Å². The highest BCUT2D eigenvalue weighted by Gasteiger charge is 2.08. The molecule has 0 radical (unpaired) electrons. The van der Waals surface area contributed by atoms with Gasteiger partial charge in [-0.05, 0) is 54.3 Å². The molecule has 0 saturated carbocycles. The number of fused-ring (bicyclic) bond motifs is 1. The van der Waals surface area contributed by atoms with E-state index in [1.165, 1.54) is 5.56 Å². The Labute approximate surface area is 147 Å². The van der Waals surface area contributed by atoms with Crippen molar-refractivity contribution in [2.45, 2.75) is 26.2 Å². The zero-order valence-electron chi connectivity index (χ0n) is 14.5. The molecule has 0 aliphatic rings. The molecule has 2 aromatic carbocycles. The Bertz CT molecular complexity index is 854. The summed E-state index contributed by atoms with van der Waals surface area (Å²) in [6, 6.07) is 17.4. The number of hydrogen-bond donors (Lipinski definition) is 1. The lowest BCUT2D eigenvalue weighted by atomic mass is 9.99. The summed E-state index contributed by atoms with van der Waals surface area (Å²) in [7, 11) is 0. The molecule has 1 amide bonds. The van der Waals surface area contributed by atoms with Gasteiger partial charge in [0.05, 0.1) is 11.2 Å². The van der Waals surface area contributed by atoms with Crippen LogP contribution in [0.2, 0.25) is 0 Å². The van der Waals surface area contributed by atoms with Gasteiger partial charge in [0.15, 0.2) is 6.61 Å². The number of hydrogen-bond acceptors (Lipinski definition) is 3. The first-order valence-electron chi connectivity index (χ1n) is 8.53. The molecular formula is C21H22N2O2. The number of ether oxygens (including phenoxy) is 1. The van der Waals surface area contributed by atoms with Crippen LogP contribution >= 0.6 is 0 Å². The van der Waals surface area contributed by atoms with Gasteiger partial charge in [-0.3, -0.25) is 9.78 Å². The molecule has 4 nitrogen and oxygen atoms in total. The molecule has 0 aliphatic carbocycles. The maximum Gasteiger partial charge on any atom is 0.262 e. The van der Waals surface area contributed by atoms with Gasteiger partial charge in [-0.2, -0.15) is 0 Å².